The van der Waals surface area contributed by atoms with Gasteiger partial charge in [-0.05, 0) is 50.2 Å². The van der Waals surface area contributed by atoms with Crippen LogP contribution in [0.3, 0.4) is 0 Å². The summed E-state index contributed by atoms with van der Waals surface area (Å²) in [6, 6.07) is 11.0. The molecule has 1 aliphatic rings. The van der Waals surface area contributed by atoms with Crippen LogP contribution in [0, 0.1) is 0 Å². The molecule has 0 aliphatic carbocycles. The van der Waals surface area contributed by atoms with Crippen molar-refractivity contribution < 1.29 is 13.9 Å². The van der Waals surface area contributed by atoms with Crippen molar-refractivity contribution in [3.05, 3.63) is 53.4 Å². The minimum absolute atomic E-state index is 0.0609. The van der Waals surface area contributed by atoms with E-state index in [2.05, 4.69) is 10.2 Å². The summed E-state index contributed by atoms with van der Waals surface area (Å²) >= 11 is 6.01. The first-order valence-electron chi connectivity index (χ1n) is 8.15. The summed E-state index contributed by atoms with van der Waals surface area (Å²) in [6.07, 6.45) is 4.03. The fourth-order valence-electron chi connectivity index (χ4n) is 2.91. The van der Waals surface area contributed by atoms with E-state index in [0.29, 0.717) is 17.3 Å². The van der Waals surface area contributed by atoms with Crippen molar-refractivity contribution in [1.82, 2.24) is 10.2 Å². The van der Waals surface area contributed by atoms with Gasteiger partial charge < -0.3 is 14.5 Å². The molecule has 24 heavy (non-hydrogen) atoms. The van der Waals surface area contributed by atoms with E-state index < -0.39 is 0 Å². The summed E-state index contributed by atoms with van der Waals surface area (Å²) < 4.78 is 11.0. The molecule has 128 valence electrons. The largest absolute Gasteiger partial charge is 0.482 e. The van der Waals surface area contributed by atoms with Crippen LogP contribution in [0.25, 0.3) is 0 Å². The Kier molecular flexibility index (Phi) is 5.77. The maximum absolute atomic E-state index is 12.1. The van der Waals surface area contributed by atoms with Crippen LogP contribution in [0.1, 0.15) is 24.6 Å². The lowest BCUT2D eigenvalue weighted by molar-refractivity contribution is -0.123. The van der Waals surface area contributed by atoms with E-state index >= 15 is 0 Å². The van der Waals surface area contributed by atoms with Gasteiger partial charge in [0.1, 0.15) is 11.5 Å². The fourth-order valence-corrected chi connectivity index (χ4v) is 3.10. The van der Waals surface area contributed by atoms with E-state index in [1.54, 1.807) is 18.4 Å². The van der Waals surface area contributed by atoms with Crippen molar-refractivity contribution in [2.45, 2.75) is 18.9 Å². The first-order chi connectivity index (χ1) is 11.7. The number of benzene rings is 1. The Morgan fingerprint density at radius 3 is 2.75 bits per heavy atom. The van der Waals surface area contributed by atoms with Crippen LogP contribution in [0.2, 0.25) is 5.02 Å². The fraction of sp³-hybridized carbons (Fsp3) is 0.389. The van der Waals surface area contributed by atoms with Crippen molar-refractivity contribution >= 4 is 17.5 Å². The number of carbonyl (C=O) groups is 1. The third kappa shape index (κ3) is 4.30. The highest BCUT2D eigenvalue weighted by Crippen LogP contribution is 2.25. The van der Waals surface area contributed by atoms with E-state index in [4.69, 9.17) is 20.8 Å². The van der Waals surface area contributed by atoms with Gasteiger partial charge >= 0.3 is 0 Å². The molecule has 2 aromatic rings. The molecular weight excluding hydrogens is 328 g/mol. The number of hydrogen-bond acceptors (Lipinski definition) is 4. The topological polar surface area (TPSA) is 54.7 Å². The summed E-state index contributed by atoms with van der Waals surface area (Å²) in [6.45, 7) is 2.49. The average Bonchev–Trinajstić information content (AvgIpc) is 3.28. The van der Waals surface area contributed by atoms with Gasteiger partial charge in [-0.3, -0.25) is 9.69 Å². The number of carbonyl (C=O) groups excluding carboxylic acids is 1. The summed E-state index contributed by atoms with van der Waals surface area (Å²) in [5, 5.41) is 3.43. The molecule has 0 spiro atoms. The molecule has 1 amide bonds. The van der Waals surface area contributed by atoms with E-state index in [9.17, 15) is 4.79 Å². The first kappa shape index (κ1) is 16.9. The summed E-state index contributed by atoms with van der Waals surface area (Å²) in [7, 11) is 0. The van der Waals surface area contributed by atoms with Crippen LogP contribution in [0.5, 0.6) is 5.75 Å². The molecule has 2 heterocycles. The van der Waals surface area contributed by atoms with Crippen LogP contribution in [0.4, 0.5) is 0 Å². The number of para-hydroxylation sites is 1. The van der Waals surface area contributed by atoms with Crippen LogP contribution in [0.15, 0.2) is 47.1 Å². The molecule has 1 atom stereocenters. The van der Waals surface area contributed by atoms with Gasteiger partial charge in [-0.1, -0.05) is 23.7 Å². The molecule has 0 unspecified atom stereocenters. The molecule has 6 heteroatoms. The van der Waals surface area contributed by atoms with Crippen LogP contribution in [-0.4, -0.2) is 37.0 Å². The molecule has 1 aromatic heterocycles. The van der Waals surface area contributed by atoms with Crippen molar-refractivity contribution in [1.29, 1.82) is 0 Å². The maximum atomic E-state index is 12.1. The first-order valence-corrected chi connectivity index (χ1v) is 8.53. The zero-order valence-electron chi connectivity index (χ0n) is 13.4. The molecule has 5 nitrogen and oxygen atoms in total. The Hall–Kier alpha value is -1.98. The van der Waals surface area contributed by atoms with Crippen LogP contribution >= 0.6 is 11.6 Å². The van der Waals surface area contributed by atoms with Gasteiger partial charge in [0.2, 0.25) is 0 Å². The smallest absolute Gasteiger partial charge is 0.258 e. The van der Waals surface area contributed by atoms with Crippen molar-refractivity contribution in [3.63, 3.8) is 0 Å². The standard InChI is InChI=1S/C18H21ClN2O3/c19-14-6-1-2-7-16(14)24-13-18(22)20-12-15(17-8-5-11-23-17)21-9-3-4-10-21/h1-2,5-8,11,15H,3-4,9-10,12-13H2,(H,20,22)/t15-/m0/s1. The Morgan fingerprint density at radius 1 is 1.25 bits per heavy atom. The van der Waals surface area contributed by atoms with Gasteiger partial charge in [0.05, 0.1) is 17.3 Å². The number of nitrogens with zero attached hydrogens (tertiary/aromatic N) is 1. The molecule has 1 aliphatic heterocycles. The molecule has 1 fully saturated rings. The lowest BCUT2D eigenvalue weighted by Crippen LogP contribution is -2.38. The van der Waals surface area contributed by atoms with Gasteiger partial charge in [0.25, 0.3) is 5.91 Å². The summed E-state index contributed by atoms with van der Waals surface area (Å²) in [4.78, 5) is 14.4. The number of likely N-dealkylation sites (tertiary alicyclic amines) is 1. The van der Waals surface area contributed by atoms with Crippen molar-refractivity contribution in [3.8, 4) is 5.75 Å². The second-order valence-corrected chi connectivity index (χ2v) is 6.20. The average molecular weight is 349 g/mol. The zero-order valence-corrected chi connectivity index (χ0v) is 14.2. The van der Waals surface area contributed by atoms with Crippen LogP contribution < -0.4 is 10.1 Å². The molecule has 3 rings (SSSR count). The lowest BCUT2D eigenvalue weighted by Gasteiger charge is -2.26. The van der Waals surface area contributed by atoms with Crippen molar-refractivity contribution in [2.24, 2.45) is 0 Å². The lowest BCUT2D eigenvalue weighted by atomic mass is 10.2. The molecule has 0 bridgehead atoms. The third-order valence-electron chi connectivity index (χ3n) is 4.14. The minimum Gasteiger partial charge on any atom is -0.482 e. The minimum atomic E-state index is -0.175. The Bertz CT molecular complexity index is 654. The van der Waals surface area contributed by atoms with E-state index in [0.717, 1.165) is 18.8 Å². The summed E-state index contributed by atoms with van der Waals surface area (Å²) in [5.74, 6) is 1.21. The van der Waals surface area contributed by atoms with Gasteiger partial charge in [-0.2, -0.15) is 0 Å². The molecule has 1 aromatic carbocycles. The number of furan rings is 1. The number of amides is 1. The highest BCUT2D eigenvalue weighted by Gasteiger charge is 2.25. The number of rotatable bonds is 7. The Morgan fingerprint density at radius 2 is 2.04 bits per heavy atom. The molecule has 1 N–H and O–H groups in total. The number of hydrogen-bond donors (Lipinski definition) is 1. The van der Waals surface area contributed by atoms with E-state index in [-0.39, 0.29) is 18.6 Å². The molecule has 0 saturated carbocycles. The van der Waals surface area contributed by atoms with Crippen molar-refractivity contribution in [2.75, 3.05) is 26.2 Å². The summed E-state index contributed by atoms with van der Waals surface area (Å²) in [5.41, 5.74) is 0. The predicted molar refractivity (Wildman–Crippen MR) is 92.2 cm³/mol. The van der Waals surface area contributed by atoms with Gasteiger partial charge in [0.15, 0.2) is 6.61 Å². The maximum Gasteiger partial charge on any atom is 0.258 e. The van der Waals surface area contributed by atoms with E-state index in [1.807, 2.05) is 24.3 Å². The molecular formula is C18H21ClN2O3. The monoisotopic (exact) mass is 348 g/mol. The second kappa shape index (κ2) is 8.22. The molecule has 1 saturated heterocycles. The molecule has 0 radical (unpaired) electrons. The highest BCUT2D eigenvalue weighted by molar-refractivity contribution is 6.32. The van der Waals surface area contributed by atoms with Gasteiger partial charge in [-0.15, -0.1) is 0 Å². The Balaban J connectivity index is 1.52. The SMILES string of the molecule is O=C(COc1ccccc1Cl)NC[C@@H](c1ccco1)N1CCCC1. The normalized spacial score (nSPS) is 16.0. The number of ether oxygens (including phenoxy) is 1. The predicted octanol–water partition coefficient (Wildman–Crippen LogP) is 3.27. The number of nitrogens with one attached hydrogen (secondary N) is 1. The van der Waals surface area contributed by atoms with Gasteiger partial charge in [-0.25, -0.2) is 0 Å². The van der Waals surface area contributed by atoms with E-state index in [1.165, 1.54) is 12.8 Å². The Labute approximate surface area is 146 Å². The highest BCUT2D eigenvalue weighted by atomic mass is 35.5. The quantitative estimate of drug-likeness (QED) is 0.834. The zero-order chi connectivity index (χ0) is 16.8. The van der Waals surface area contributed by atoms with Crippen LogP contribution in [-0.2, 0) is 4.79 Å². The number of halogens is 1. The third-order valence-corrected chi connectivity index (χ3v) is 4.45. The second-order valence-electron chi connectivity index (χ2n) is 5.80. The van der Waals surface area contributed by atoms with Gasteiger partial charge in [0, 0.05) is 6.54 Å².